The van der Waals surface area contributed by atoms with Gasteiger partial charge in [0, 0.05) is 18.1 Å². The zero-order chi connectivity index (χ0) is 23.1. The SMILES string of the molecule is [BH3-]P(=S)(OC[C@@H]1CC[C@H](n2cc(C)c(=O)[nH]c2=O)O1)OP(=O)(O)C(F)(F)P(=O)(O)O. The minimum atomic E-state index is -6.28. The van der Waals surface area contributed by atoms with Crippen LogP contribution in [0.4, 0.5) is 8.78 Å². The number of hydrogen-bond acceptors (Lipinski definition) is 8. The Balaban J connectivity index is 2.02. The summed E-state index contributed by atoms with van der Waals surface area (Å²) in [5, 5.41) is -5.32. The van der Waals surface area contributed by atoms with Gasteiger partial charge in [0.25, 0.3) is 5.56 Å². The van der Waals surface area contributed by atoms with Crippen LogP contribution in [0.3, 0.4) is 0 Å². The summed E-state index contributed by atoms with van der Waals surface area (Å²) >= 11 is 4.90. The van der Waals surface area contributed by atoms with Crippen LogP contribution in [0, 0.1) is 6.92 Å². The Morgan fingerprint density at radius 1 is 1.37 bits per heavy atom. The highest BCUT2D eigenvalue weighted by atomic mass is 32.5. The second-order valence-electron chi connectivity index (χ2n) is 5.94. The highest BCUT2D eigenvalue weighted by Crippen LogP contribution is 2.77. The van der Waals surface area contributed by atoms with Crippen molar-refractivity contribution in [1.82, 2.24) is 9.55 Å². The molecule has 1 fully saturated rings. The van der Waals surface area contributed by atoms with Crippen LogP contribution in [0.2, 0.25) is 0 Å². The average Bonchev–Trinajstić information content (AvgIpc) is 3.03. The molecule has 0 aromatic carbocycles. The van der Waals surface area contributed by atoms with Gasteiger partial charge >= 0.3 is 26.3 Å². The molecule has 1 aliphatic heterocycles. The maximum atomic E-state index is 13.6. The van der Waals surface area contributed by atoms with Gasteiger partial charge in [0.05, 0.1) is 20.3 Å². The topological polar surface area (TPSA) is 177 Å². The van der Waals surface area contributed by atoms with Crippen LogP contribution in [0.5, 0.6) is 0 Å². The van der Waals surface area contributed by atoms with Gasteiger partial charge in [-0.3, -0.25) is 27.8 Å². The highest BCUT2D eigenvalue weighted by Gasteiger charge is 2.65. The van der Waals surface area contributed by atoms with Gasteiger partial charge in [-0.05, 0) is 19.8 Å². The fourth-order valence-electron chi connectivity index (χ4n) is 2.29. The number of aromatic amines is 1. The summed E-state index contributed by atoms with van der Waals surface area (Å²) in [6, 6.07) is 0. The molecule has 2 heterocycles. The van der Waals surface area contributed by atoms with Crippen LogP contribution in [0.25, 0.3) is 0 Å². The minimum Gasteiger partial charge on any atom is -0.360 e. The van der Waals surface area contributed by atoms with E-state index < -0.39 is 58.1 Å². The third kappa shape index (κ3) is 5.63. The third-order valence-corrected chi connectivity index (χ3v) is 9.39. The zero-order valence-electron chi connectivity index (χ0n) is 14.5. The van der Waals surface area contributed by atoms with E-state index in [0.29, 0.717) is 12.8 Å². The van der Waals surface area contributed by atoms with Crippen molar-refractivity contribution in [2.45, 2.75) is 37.5 Å². The Morgan fingerprint density at radius 3 is 2.53 bits per heavy atom. The summed E-state index contributed by atoms with van der Waals surface area (Å²) in [4.78, 5) is 52.1. The monoisotopic (exact) mass is 513 g/mol. The van der Waals surface area contributed by atoms with E-state index in [1.807, 2.05) is 0 Å². The summed E-state index contributed by atoms with van der Waals surface area (Å²) in [6.45, 7) is 1.21. The number of ether oxygens (including phenoxy) is 1. The Kier molecular flexibility index (Phi) is 7.53. The molecule has 19 heteroatoms. The second kappa shape index (κ2) is 8.78. The van der Waals surface area contributed by atoms with Gasteiger partial charge in [0.2, 0.25) is 0 Å². The number of alkyl halides is 2. The lowest BCUT2D eigenvalue weighted by Crippen LogP contribution is -2.33. The van der Waals surface area contributed by atoms with Crippen LogP contribution in [-0.4, -0.2) is 49.9 Å². The summed E-state index contributed by atoms with van der Waals surface area (Å²) in [7, 11) is -13.7. The number of aromatic nitrogens is 2. The molecular weight excluding hydrogens is 494 g/mol. The number of rotatable bonds is 8. The van der Waals surface area contributed by atoms with Gasteiger partial charge in [-0.2, -0.15) is 8.78 Å². The average molecular weight is 513 g/mol. The molecule has 0 radical (unpaired) electrons. The molecule has 4 N–H and O–H groups in total. The summed E-state index contributed by atoms with van der Waals surface area (Å²) in [6.07, 6.45) is -2.94. The predicted molar refractivity (Wildman–Crippen MR) is 107 cm³/mol. The van der Waals surface area contributed by atoms with Gasteiger partial charge in [0.1, 0.15) is 6.23 Å². The number of aryl methyl sites for hydroxylation is 1. The number of hydrogen-bond donors (Lipinski definition) is 4. The molecule has 0 saturated carbocycles. The molecule has 0 spiro atoms. The number of nitrogens with zero attached hydrogens (tertiary/aromatic N) is 1. The molecule has 0 amide bonds. The Labute approximate surface area is 173 Å². The van der Waals surface area contributed by atoms with Gasteiger partial charge < -0.3 is 23.9 Å². The predicted octanol–water partition coefficient (Wildman–Crippen LogP) is 0.0591. The lowest BCUT2D eigenvalue weighted by atomic mass is 10.2. The standard InChI is InChI=1S/C11H19BF2N2O10P3S/c1-6-4-16(10(18)15-9(6)17)8-3-2-7(25-8)5-24-29(12,30)26-28(22,23)11(13,14)27(19,20)21/h4,7-8H,2-3,5H2,1,12H3,(H,22,23)(H,15,17,18)(H2,19,20,21)/q-1/t7-,8+,29?/m0/s1. The maximum absolute atomic E-state index is 13.6. The highest BCUT2D eigenvalue weighted by molar-refractivity contribution is 8.22. The Morgan fingerprint density at radius 2 is 1.97 bits per heavy atom. The molecule has 30 heavy (non-hydrogen) atoms. The van der Waals surface area contributed by atoms with Crippen molar-refractivity contribution < 1.29 is 46.2 Å². The first-order chi connectivity index (χ1) is 13.5. The molecule has 0 bridgehead atoms. The number of H-pyrrole nitrogens is 1. The van der Waals surface area contributed by atoms with Crippen molar-refractivity contribution >= 4 is 40.9 Å². The minimum absolute atomic E-state index is 0.288. The van der Waals surface area contributed by atoms with E-state index in [1.165, 1.54) is 17.7 Å². The van der Waals surface area contributed by atoms with Crippen LogP contribution in [0.1, 0.15) is 24.6 Å². The molecule has 4 atom stereocenters. The first-order valence-corrected chi connectivity index (χ1v) is 13.1. The Bertz CT molecular complexity index is 1070. The molecule has 2 unspecified atom stereocenters. The molecule has 172 valence electrons. The van der Waals surface area contributed by atoms with Crippen molar-refractivity contribution in [2.24, 2.45) is 0 Å². The van der Waals surface area contributed by atoms with E-state index in [-0.39, 0.29) is 12.2 Å². The molecule has 2 rings (SSSR count). The van der Waals surface area contributed by atoms with Crippen molar-refractivity contribution in [2.75, 3.05) is 6.61 Å². The zero-order valence-corrected chi connectivity index (χ0v) is 18.0. The molecule has 0 aliphatic carbocycles. The van der Waals surface area contributed by atoms with E-state index in [4.69, 9.17) is 30.9 Å². The van der Waals surface area contributed by atoms with Crippen molar-refractivity contribution in [3.05, 3.63) is 32.6 Å². The molecule has 1 aromatic rings. The summed E-state index contributed by atoms with van der Waals surface area (Å²) in [5.41, 5.74) is -0.927. The molecule has 12 nitrogen and oxygen atoms in total. The van der Waals surface area contributed by atoms with E-state index in [9.17, 15) is 32.4 Å². The second-order valence-corrected chi connectivity index (χ2v) is 11.8. The lowest BCUT2D eigenvalue weighted by molar-refractivity contribution is -0.0194. The maximum Gasteiger partial charge on any atom is 0.444 e. The van der Waals surface area contributed by atoms with Gasteiger partial charge in [0.15, 0.2) is 0 Å². The van der Waals surface area contributed by atoms with E-state index in [0.717, 1.165) is 0 Å². The fourth-order valence-corrected chi connectivity index (χ4v) is 6.52. The summed E-state index contributed by atoms with van der Waals surface area (Å²) in [5.74, 6) is 0. The van der Waals surface area contributed by atoms with Crippen LogP contribution in [0.15, 0.2) is 15.8 Å². The van der Waals surface area contributed by atoms with E-state index >= 15 is 0 Å². The first kappa shape index (κ1) is 25.7. The van der Waals surface area contributed by atoms with Gasteiger partial charge in [-0.1, -0.05) is 11.8 Å². The largest absolute Gasteiger partial charge is 0.444 e. The van der Waals surface area contributed by atoms with Gasteiger partial charge in [-0.15, -0.1) is 0 Å². The molecular formula is C11H19BF2N2O10P3S-. The summed E-state index contributed by atoms with van der Waals surface area (Å²) < 4.78 is 66.1. The number of halogens is 2. The van der Waals surface area contributed by atoms with Crippen LogP contribution in [-0.2, 0) is 34.5 Å². The molecule has 1 saturated heterocycles. The first-order valence-electron chi connectivity index (χ1n) is 7.69. The van der Waals surface area contributed by atoms with E-state index in [1.54, 1.807) is 0 Å². The smallest absolute Gasteiger partial charge is 0.360 e. The van der Waals surface area contributed by atoms with Crippen molar-refractivity contribution in [1.29, 1.82) is 0 Å². The van der Waals surface area contributed by atoms with E-state index in [2.05, 4.69) is 9.29 Å². The van der Waals surface area contributed by atoms with Gasteiger partial charge in [-0.25, -0.2) is 4.79 Å². The fraction of sp³-hybridized carbons (Fsp3) is 0.636. The van der Waals surface area contributed by atoms with Crippen LogP contribution >= 0.6 is 21.6 Å². The normalized spacial score (nSPS) is 24.4. The Hall–Kier alpha value is -0.525. The van der Waals surface area contributed by atoms with Crippen LogP contribution < -0.4 is 11.2 Å². The third-order valence-electron chi connectivity index (χ3n) is 3.77. The lowest BCUT2D eigenvalue weighted by Gasteiger charge is -2.30. The molecule has 1 aliphatic rings. The number of nitrogens with one attached hydrogen (secondary N) is 1. The van der Waals surface area contributed by atoms with Crippen molar-refractivity contribution in [3.8, 4) is 0 Å². The quantitative estimate of drug-likeness (QED) is 0.273. The molecule has 1 aromatic heterocycles. The van der Waals surface area contributed by atoms with Crippen molar-refractivity contribution in [3.63, 3.8) is 0 Å².